The molecule has 1 aliphatic heterocycles. The fourth-order valence-electron chi connectivity index (χ4n) is 2.96. The Hall–Kier alpha value is -1.06. The van der Waals surface area contributed by atoms with E-state index in [1.807, 2.05) is 23.1 Å². The summed E-state index contributed by atoms with van der Waals surface area (Å²) in [5.41, 5.74) is 7.06. The Balaban J connectivity index is 0.00000200. The van der Waals surface area contributed by atoms with Gasteiger partial charge >= 0.3 is 0 Å². The van der Waals surface area contributed by atoms with Crippen molar-refractivity contribution >= 4 is 18.3 Å². The van der Waals surface area contributed by atoms with Crippen molar-refractivity contribution in [3.63, 3.8) is 0 Å². The van der Waals surface area contributed by atoms with Crippen molar-refractivity contribution in [2.24, 2.45) is 11.7 Å². The van der Waals surface area contributed by atoms with Crippen LogP contribution in [0.3, 0.4) is 0 Å². The van der Waals surface area contributed by atoms with Gasteiger partial charge in [-0.15, -0.1) is 12.4 Å². The molecule has 0 bridgehead atoms. The first kappa shape index (κ1) is 17.0. The van der Waals surface area contributed by atoms with Crippen LogP contribution in [0, 0.1) is 5.92 Å². The summed E-state index contributed by atoms with van der Waals surface area (Å²) in [5, 5.41) is 0. The van der Waals surface area contributed by atoms with Gasteiger partial charge in [-0.2, -0.15) is 0 Å². The van der Waals surface area contributed by atoms with Gasteiger partial charge in [0, 0.05) is 25.6 Å². The number of halogens is 1. The number of carbonyl (C=O) groups is 1. The van der Waals surface area contributed by atoms with Crippen molar-refractivity contribution in [2.45, 2.75) is 38.6 Å². The van der Waals surface area contributed by atoms with Gasteiger partial charge in [-0.1, -0.05) is 37.3 Å². The van der Waals surface area contributed by atoms with E-state index in [4.69, 9.17) is 5.73 Å². The monoisotopic (exact) mass is 296 g/mol. The molecule has 1 saturated heterocycles. The molecule has 2 rings (SSSR count). The van der Waals surface area contributed by atoms with E-state index in [9.17, 15) is 4.79 Å². The predicted molar refractivity (Wildman–Crippen MR) is 85.0 cm³/mol. The Labute approximate surface area is 127 Å². The number of likely N-dealkylation sites (tertiary alicyclic amines) is 1. The van der Waals surface area contributed by atoms with Crippen LogP contribution in [0.4, 0.5) is 0 Å². The minimum atomic E-state index is 0. The van der Waals surface area contributed by atoms with E-state index in [0.29, 0.717) is 18.9 Å². The van der Waals surface area contributed by atoms with Gasteiger partial charge in [-0.05, 0) is 30.7 Å². The van der Waals surface area contributed by atoms with Gasteiger partial charge < -0.3 is 10.6 Å². The lowest BCUT2D eigenvalue weighted by atomic mass is 9.90. The summed E-state index contributed by atoms with van der Waals surface area (Å²) in [7, 11) is 0. The number of amides is 1. The van der Waals surface area contributed by atoms with Gasteiger partial charge in [-0.3, -0.25) is 4.79 Å². The minimum Gasteiger partial charge on any atom is -0.338 e. The molecule has 4 heteroatoms. The van der Waals surface area contributed by atoms with E-state index >= 15 is 0 Å². The Morgan fingerprint density at radius 1 is 1.35 bits per heavy atom. The van der Waals surface area contributed by atoms with Crippen molar-refractivity contribution < 1.29 is 4.79 Å². The highest BCUT2D eigenvalue weighted by atomic mass is 35.5. The summed E-state index contributed by atoms with van der Waals surface area (Å²) in [6, 6.07) is 10.4. The number of carbonyl (C=O) groups excluding carboxylic acids is 1. The summed E-state index contributed by atoms with van der Waals surface area (Å²) in [6.45, 7) is 3.66. The summed E-state index contributed by atoms with van der Waals surface area (Å²) in [6.07, 6.45) is 3.70. The van der Waals surface area contributed by atoms with Crippen molar-refractivity contribution in [1.29, 1.82) is 0 Å². The van der Waals surface area contributed by atoms with Crippen LogP contribution in [0.15, 0.2) is 30.3 Å². The molecule has 1 amide bonds. The Bertz CT molecular complexity index is 410. The molecule has 0 aliphatic carbocycles. The van der Waals surface area contributed by atoms with E-state index in [-0.39, 0.29) is 24.4 Å². The van der Waals surface area contributed by atoms with Crippen molar-refractivity contribution in [3.05, 3.63) is 35.9 Å². The molecule has 112 valence electrons. The molecule has 0 spiro atoms. The van der Waals surface area contributed by atoms with Crippen LogP contribution >= 0.6 is 12.4 Å². The van der Waals surface area contributed by atoms with Gasteiger partial charge in [0.2, 0.25) is 5.91 Å². The fourth-order valence-corrected chi connectivity index (χ4v) is 2.96. The fraction of sp³-hybridized carbons (Fsp3) is 0.562. The summed E-state index contributed by atoms with van der Waals surface area (Å²) in [5.74, 6) is 0.783. The smallest absolute Gasteiger partial charge is 0.223 e. The third-order valence-corrected chi connectivity index (χ3v) is 4.15. The average Bonchev–Trinajstić information content (AvgIpc) is 2.45. The molecular formula is C16H25ClN2O. The number of nitrogens with two attached hydrogens (primary N) is 1. The van der Waals surface area contributed by atoms with E-state index in [2.05, 4.69) is 19.1 Å². The first-order valence-corrected chi connectivity index (χ1v) is 7.26. The quantitative estimate of drug-likeness (QED) is 0.928. The zero-order valence-corrected chi connectivity index (χ0v) is 12.9. The second-order valence-electron chi connectivity index (χ2n) is 5.50. The SMILES string of the molecule is CC1CCCN(C(=O)CCc2ccccc2)C1CN.Cl. The summed E-state index contributed by atoms with van der Waals surface area (Å²) >= 11 is 0. The lowest BCUT2D eigenvalue weighted by molar-refractivity contribution is -0.136. The lowest BCUT2D eigenvalue weighted by Gasteiger charge is -2.39. The molecule has 20 heavy (non-hydrogen) atoms. The molecule has 1 aromatic rings. The summed E-state index contributed by atoms with van der Waals surface area (Å²) < 4.78 is 0. The maximum Gasteiger partial charge on any atom is 0.223 e. The van der Waals surface area contributed by atoms with Gasteiger partial charge in [-0.25, -0.2) is 0 Å². The molecule has 2 unspecified atom stereocenters. The number of hydrogen-bond donors (Lipinski definition) is 1. The first-order chi connectivity index (χ1) is 9.22. The van der Waals surface area contributed by atoms with Crippen molar-refractivity contribution in [2.75, 3.05) is 13.1 Å². The van der Waals surface area contributed by atoms with E-state index in [0.717, 1.165) is 19.4 Å². The second kappa shape index (κ2) is 8.28. The van der Waals surface area contributed by atoms with Crippen LogP contribution in [0.5, 0.6) is 0 Å². The molecular weight excluding hydrogens is 272 g/mol. The first-order valence-electron chi connectivity index (χ1n) is 7.26. The van der Waals surface area contributed by atoms with Gasteiger partial charge in [0.15, 0.2) is 0 Å². The standard InChI is InChI=1S/C16H24N2O.ClH/c1-13-6-5-11-18(15(13)12-17)16(19)10-9-14-7-3-2-4-8-14;/h2-4,7-8,13,15H,5-6,9-12,17H2,1H3;1H. The zero-order valence-electron chi connectivity index (χ0n) is 12.1. The minimum absolute atomic E-state index is 0. The van der Waals surface area contributed by atoms with E-state index in [1.54, 1.807) is 0 Å². The van der Waals surface area contributed by atoms with E-state index in [1.165, 1.54) is 12.0 Å². The van der Waals surface area contributed by atoms with Crippen LogP contribution < -0.4 is 5.73 Å². The Kier molecular flexibility index (Phi) is 7.03. The number of piperidine rings is 1. The maximum absolute atomic E-state index is 12.4. The second-order valence-corrected chi connectivity index (χ2v) is 5.50. The largest absolute Gasteiger partial charge is 0.338 e. The molecule has 1 fully saturated rings. The molecule has 1 aromatic carbocycles. The highest BCUT2D eigenvalue weighted by molar-refractivity contribution is 5.85. The number of nitrogens with zero attached hydrogens (tertiary/aromatic N) is 1. The van der Waals surface area contributed by atoms with E-state index < -0.39 is 0 Å². The van der Waals surface area contributed by atoms with Gasteiger partial charge in [0.25, 0.3) is 0 Å². The lowest BCUT2D eigenvalue weighted by Crippen LogP contribution is -2.51. The number of aryl methyl sites for hydroxylation is 1. The van der Waals surface area contributed by atoms with Crippen molar-refractivity contribution in [3.8, 4) is 0 Å². The summed E-state index contributed by atoms with van der Waals surface area (Å²) in [4.78, 5) is 14.4. The third-order valence-electron chi connectivity index (χ3n) is 4.15. The molecule has 0 saturated carbocycles. The number of benzene rings is 1. The van der Waals surface area contributed by atoms with Crippen LogP contribution in [-0.4, -0.2) is 29.9 Å². The molecule has 2 atom stereocenters. The molecule has 0 aromatic heterocycles. The van der Waals surface area contributed by atoms with Crippen LogP contribution in [0.25, 0.3) is 0 Å². The van der Waals surface area contributed by atoms with Crippen LogP contribution in [-0.2, 0) is 11.2 Å². The molecule has 3 nitrogen and oxygen atoms in total. The topological polar surface area (TPSA) is 46.3 Å². The van der Waals surface area contributed by atoms with Gasteiger partial charge in [0.05, 0.1) is 0 Å². The predicted octanol–water partition coefficient (Wildman–Crippen LogP) is 2.63. The Morgan fingerprint density at radius 2 is 2.05 bits per heavy atom. The highest BCUT2D eigenvalue weighted by Gasteiger charge is 2.30. The maximum atomic E-state index is 12.4. The van der Waals surface area contributed by atoms with Crippen LogP contribution in [0.1, 0.15) is 31.7 Å². The van der Waals surface area contributed by atoms with Gasteiger partial charge in [0.1, 0.15) is 0 Å². The zero-order chi connectivity index (χ0) is 13.7. The average molecular weight is 297 g/mol. The molecule has 2 N–H and O–H groups in total. The highest BCUT2D eigenvalue weighted by Crippen LogP contribution is 2.23. The molecule has 0 radical (unpaired) electrons. The van der Waals surface area contributed by atoms with Crippen molar-refractivity contribution in [1.82, 2.24) is 4.90 Å². The Morgan fingerprint density at radius 3 is 2.70 bits per heavy atom. The number of rotatable bonds is 4. The number of hydrogen-bond acceptors (Lipinski definition) is 2. The molecule has 1 heterocycles. The normalized spacial score (nSPS) is 22.2. The van der Waals surface area contributed by atoms with Crippen LogP contribution in [0.2, 0.25) is 0 Å². The third kappa shape index (κ3) is 4.22. The molecule has 1 aliphatic rings.